The Bertz CT molecular complexity index is 138. The summed E-state index contributed by atoms with van der Waals surface area (Å²) < 4.78 is 2.33. The van der Waals surface area contributed by atoms with Gasteiger partial charge in [-0.1, -0.05) is 0 Å². The maximum atomic E-state index is 2.33. The number of hydrogen-bond acceptors (Lipinski definition) is 0. The van der Waals surface area contributed by atoms with E-state index in [1.165, 1.54) is 25.5 Å². The summed E-state index contributed by atoms with van der Waals surface area (Å²) in [6.45, 7) is 8.20. The zero-order valence-corrected chi connectivity index (χ0v) is 6.57. The van der Waals surface area contributed by atoms with Crippen molar-refractivity contribution in [1.29, 1.82) is 0 Å². The maximum absolute atomic E-state index is 2.33. The number of likely N-dealkylation sites (N-methyl/N-ethyl adjacent to an activating group) is 2. The molecule has 0 fully saturated rings. The summed E-state index contributed by atoms with van der Waals surface area (Å²) in [6.07, 6.45) is 0. The monoisotopic (exact) mass is 128 g/mol. The number of nitrogens with one attached hydrogen (secondary N) is 1. The SMILES string of the molecule is CC[NH+]1CC[N+](C)=C1C. The van der Waals surface area contributed by atoms with Crippen LogP contribution in [-0.2, 0) is 0 Å². The Morgan fingerprint density at radius 1 is 1.67 bits per heavy atom. The second-order valence-electron chi connectivity index (χ2n) is 2.71. The first-order valence-electron chi connectivity index (χ1n) is 3.65. The van der Waals surface area contributed by atoms with Gasteiger partial charge in [0.2, 0.25) is 0 Å². The van der Waals surface area contributed by atoms with Crippen molar-refractivity contribution in [2.75, 3.05) is 26.7 Å². The smallest absolute Gasteiger partial charge is 0.247 e. The van der Waals surface area contributed by atoms with Gasteiger partial charge in [-0.3, -0.25) is 0 Å². The number of hydrogen-bond donors (Lipinski definition) is 1. The fourth-order valence-corrected chi connectivity index (χ4v) is 1.35. The molecule has 0 spiro atoms. The zero-order valence-electron chi connectivity index (χ0n) is 6.57. The van der Waals surface area contributed by atoms with Gasteiger partial charge in [-0.15, -0.1) is 0 Å². The zero-order chi connectivity index (χ0) is 6.85. The van der Waals surface area contributed by atoms with Crippen LogP contribution in [-0.4, -0.2) is 37.1 Å². The third-order valence-electron chi connectivity index (χ3n) is 2.26. The first-order chi connectivity index (χ1) is 4.25. The molecule has 0 aromatic heterocycles. The van der Waals surface area contributed by atoms with Crippen LogP contribution in [0.3, 0.4) is 0 Å². The summed E-state index contributed by atoms with van der Waals surface area (Å²) >= 11 is 0. The molecule has 1 rings (SSSR count). The van der Waals surface area contributed by atoms with Gasteiger partial charge in [0.05, 0.1) is 13.5 Å². The highest BCUT2D eigenvalue weighted by Gasteiger charge is 2.26. The summed E-state index contributed by atoms with van der Waals surface area (Å²) in [6, 6.07) is 0. The lowest BCUT2D eigenvalue weighted by molar-refractivity contribution is -0.799. The summed E-state index contributed by atoms with van der Waals surface area (Å²) in [5, 5.41) is 0. The predicted octanol–water partition coefficient (Wildman–Crippen LogP) is -1.03. The average Bonchev–Trinajstić information content (AvgIpc) is 2.15. The Morgan fingerprint density at radius 2 is 2.33 bits per heavy atom. The quantitative estimate of drug-likeness (QED) is 0.432. The van der Waals surface area contributed by atoms with Crippen LogP contribution in [0, 0.1) is 0 Å². The predicted molar refractivity (Wildman–Crippen MR) is 38.1 cm³/mol. The molecule has 1 atom stereocenters. The Morgan fingerprint density at radius 3 is 2.56 bits per heavy atom. The van der Waals surface area contributed by atoms with Crippen LogP contribution in [0.2, 0.25) is 0 Å². The minimum atomic E-state index is 1.23. The van der Waals surface area contributed by atoms with Crippen molar-refractivity contribution in [3.8, 4) is 0 Å². The Kier molecular flexibility index (Phi) is 1.86. The van der Waals surface area contributed by atoms with Crippen molar-refractivity contribution in [3.05, 3.63) is 0 Å². The van der Waals surface area contributed by atoms with Crippen molar-refractivity contribution < 1.29 is 9.48 Å². The summed E-state index contributed by atoms with van der Waals surface area (Å²) in [7, 11) is 2.16. The van der Waals surface area contributed by atoms with Crippen LogP contribution in [0.25, 0.3) is 0 Å². The van der Waals surface area contributed by atoms with E-state index in [0.29, 0.717) is 0 Å². The number of nitrogens with zero attached hydrogens (tertiary/aromatic N) is 1. The normalized spacial score (nSPS) is 27.7. The molecule has 52 valence electrons. The van der Waals surface area contributed by atoms with E-state index in [9.17, 15) is 0 Å². The van der Waals surface area contributed by atoms with Gasteiger partial charge >= 0.3 is 5.84 Å². The van der Waals surface area contributed by atoms with Crippen LogP contribution in [0.1, 0.15) is 13.8 Å². The highest BCUT2D eigenvalue weighted by Crippen LogP contribution is 1.74. The lowest BCUT2D eigenvalue weighted by atomic mass is 10.5. The van der Waals surface area contributed by atoms with Gasteiger partial charge in [-0.25, -0.2) is 4.90 Å². The van der Waals surface area contributed by atoms with Crippen LogP contribution in [0.15, 0.2) is 0 Å². The molecule has 0 saturated carbocycles. The molecule has 1 heterocycles. The standard InChI is InChI=1S/C7H15N2/c1-4-9-6-5-8(3)7(9)2/h4-6H2,1-3H3/q+1/p+1. The molecular formula is C7H16N2+2. The van der Waals surface area contributed by atoms with Crippen molar-refractivity contribution >= 4 is 5.84 Å². The lowest BCUT2D eigenvalue weighted by Crippen LogP contribution is -3.12. The minimum Gasteiger partial charge on any atom is -0.247 e. The molecule has 0 bridgehead atoms. The van der Waals surface area contributed by atoms with Crippen molar-refractivity contribution in [2.24, 2.45) is 0 Å². The molecule has 1 aliphatic heterocycles. The molecule has 0 aromatic carbocycles. The summed E-state index contributed by atoms with van der Waals surface area (Å²) in [4.78, 5) is 1.64. The molecule has 0 saturated heterocycles. The topological polar surface area (TPSA) is 7.45 Å². The van der Waals surface area contributed by atoms with Gasteiger partial charge in [-0.2, -0.15) is 4.58 Å². The second-order valence-corrected chi connectivity index (χ2v) is 2.71. The van der Waals surface area contributed by atoms with E-state index in [2.05, 4.69) is 25.5 Å². The van der Waals surface area contributed by atoms with Gasteiger partial charge in [0.25, 0.3) is 0 Å². The summed E-state index contributed by atoms with van der Waals surface area (Å²) in [5.41, 5.74) is 0. The minimum absolute atomic E-state index is 1.23. The number of quaternary nitrogens is 1. The fraction of sp³-hybridized carbons (Fsp3) is 0.857. The van der Waals surface area contributed by atoms with Crippen LogP contribution >= 0.6 is 0 Å². The van der Waals surface area contributed by atoms with E-state index >= 15 is 0 Å². The van der Waals surface area contributed by atoms with Crippen molar-refractivity contribution in [3.63, 3.8) is 0 Å². The molecule has 1 unspecified atom stereocenters. The van der Waals surface area contributed by atoms with E-state index in [4.69, 9.17) is 0 Å². The molecular weight excluding hydrogens is 112 g/mol. The Labute approximate surface area is 56.8 Å². The highest BCUT2D eigenvalue weighted by molar-refractivity contribution is 5.65. The maximum Gasteiger partial charge on any atom is 0.333 e. The largest absolute Gasteiger partial charge is 0.333 e. The van der Waals surface area contributed by atoms with Gasteiger partial charge in [0.15, 0.2) is 6.54 Å². The Hall–Kier alpha value is -0.370. The molecule has 2 nitrogen and oxygen atoms in total. The fourth-order valence-electron chi connectivity index (χ4n) is 1.35. The molecule has 0 aliphatic carbocycles. The van der Waals surface area contributed by atoms with Crippen molar-refractivity contribution in [1.82, 2.24) is 0 Å². The van der Waals surface area contributed by atoms with Crippen molar-refractivity contribution in [2.45, 2.75) is 13.8 Å². The molecule has 0 amide bonds. The molecule has 0 radical (unpaired) electrons. The second kappa shape index (κ2) is 2.48. The molecule has 0 aromatic rings. The first-order valence-corrected chi connectivity index (χ1v) is 3.65. The molecule has 9 heavy (non-hydrogen) atoms. The van der Waals surface area contributed by atoms with E-state index in [1.807, 2.05) is 0 Å². The third kappa shape index (κ3) is 1.13. The lowest BCUT2D eigenvalue weighted by Gasteiger charge is -2.01. The Balaban J connectivity index is 2.63. The third-order valence-corrected chi connectivity index (χ3v) is 2.26. The first kappa shape index (κ1) is 6.75. The summed E-state index contributed by atoms with van der Waals surface area (Å²) in [5.74, 6) is 1.50. The van der Waals surface area contributed by atoms with Gasteiger partial charge < -0.3 is 0 Å². The van der Waals surface area contributed by atoms with Crippen LogP contribution < -0.4 is 4.90 Å². The van der Waals surface area contributed by atoms with E-state index in [1.54, 1.807) is 4.90 Å². The van der Waals surface area contributed by atoms with Crippen LogP contribution in [0.5, 0.6) is 0 Å². The average molecular weight is 128 g/mol. The number of rotatable bonds is 1. The van der Waals surface area contributed by atoms with Gasteiger partial charge in [0, 0.05) is 0 Å². The van der Waals surface area contributed by atoms with Gasteiger partial charge in [0.1, 0.15) is 13.6 Å². The van der Waals surface area contributed by atoms with Gasteiger partial charge in [-0.05, 0) is 6.92 Å². The molecule has 1 aliphatic rings. The number of amidine groups is 1. The van der Waals surface area contributed by atoms with E-state index in [-0.39, 0.29) is 0 Å². The van der Waals surface area contributed by atoms with E-state index < -0.39 is 0 Å². The molecule has 2 heteroatoms. The van der Waals surface area contributed by atoms with E-state index in [0.717, 1.165) is 0 Å². The highest BCUT2D eigenvalue weighted by atomic mass is 15.3. The molecule has 1 N–H and O–H groups in total. The van der Waals surface area contributed by atoms with Crippen LogP contribution in [0.4, 0.5) is 0 Å².